The minimum atomic E-state index is 0.555. The zero-order valence-electron chi connectivity index (χ0n) is 9.98. The molecule has 0 radical (unpaired) electrons. The van der Waals surface area contributed by atoms with E-state index in [-0.39, 0.29) is 0 Å². The Morgan fingerprint density at radius 2 is 2.06 bits per heavy atom. The van der Waals surface area contributed by atoms with Gasteiger partial charge in [-0.15, -0.1) is 0 Å². The zero-order valence-corrected chi connectivity index (χ0v) is 9.98. The predicted octanol–water partition coefficient (Wildman–Crippen LogP) is 3.10. The molecule has 1 aliphatic rings. The first-order valence-electron chi connectivity index (χ1n) is 6.22. The second-order valence-corrected chi connectivity index (χ2v) is 4.68. The molecule has 0 aromatic heterocycles. The maximum absolute atomic E-state index is 8.74. The van der Waals surface area contributed by atoms with Gasteiger partial charge in [0.1, 0.15) is 5.75 Å². The fraction of sp³-hybridized carbons (Fsp3) is 0.500. The Balaban J connectivity index is 1.92. The van der Waals surface area contributed by atoms with Crippen molar-refractivity contribution in [2.45, 2.75) is 32.1 Å². The summed E-state index contributed by atoms with van der Waals surface area (Å²) >= 11 is 0. The van der Waals surface area contributed by atoms with Gasteiger partial charge in [0.2, 0.25) is 0 Å². The lowest BCUT2D eigenvalue weighted by molar-refractivity contribution is 0.209. The number of nitriles is 1. The third kappa shape index (κ3) is 3.13. The van der Waals surface area contributed by atoms with Gasteiger partial charge >= 0.3 is 0 Å². The lowest BCUT2D eigenvalue weighted by Gasteiger charge is -2.22. The molecule has 0 heterocycles. The summed E-state index contributed by atoms with van der Waals surface area (Å²) < 4.78 is 5.74. The SMILES string of the molecule is N#Cc1ccc(OCC2CCCCC2)c(N)c1. The molecule has 3 heteroatoms. The van der Waals surface area contributed by atoms with E-state index in [1.807, 2.05) is 0 Å². The summed E-state index contributed by atoms with van der Waals surface area (Å²) in [7, 11) is 0. The lowest BCUT2D eigenvalue weighted by Crippen LogP contribution is -2.15. The van der Waals surface area contributed by atoms with Crippen molar-refractivity contribution in [3.63, 3.8) is 0 Å². The molecule has 2 rings (SSSR count). The number of hydrogen-bond donors (Lipinski definition) is 1. The average Bonchev–Trinajstić information content (AvgIpc) is 2.38. The molecule has 0 saturated heterocycles. The molecule has 0 aliphatic heterocycles. The normalized spacial score (nSPS) is 16.4. The maximum atomic E-state index is 8.74. The van der Waals surface area contributed by atoms with Crippen LogP contribution in [0.15, 0.2) is 18.2 Å². The van der Waals surface area contributed by atoms with Crippen molar-refractivity contribution < 1.29 is 4.74 Å². The highest BCUT2D eigenvalue weighted by atomic mass is 16.5. The molecular weight excluding hydrogens is 212 g/mol. The number of ether oxygens (including phenoxy) is 1. The van der Waals surface area contributed by atoms with E-state index in [1.165, 1.54) is 32.1 Å². The van der Waals surface area contributed by atoms with Gasteiger partial charge in [-0.25, -0.2) is 0 Å². The van der Waals surface area contributed by atoms with Gasteiger partial charge in [-0.05, 0) is 37.0 Å². The van der Waals surface area contributed by atoms with Crippen LogP contribution in [0.25, 0.3) is 0 Å². The van der Waals surface area contributed by atoms with Gasteiger partial charge in [-0.2, -0.15) is 5.26 Å². The molecule has 1 aliphatic carbocycles. The van der Waals surface area contributed by atoms with Crippen LogP contribution in [0.3, 0.4) is 0 Å². The van der Waals surface area contributed by atoms with E-state index < -0.39 is 0 Å². The van der Waals surface area contributed by atoms with Crippen molar-refractivity contribution in [3.05, 3.63) is 23.8 Å². The Morgan fingerprint density at radius 1 is 1.29 bits per heavy atom. The van der Waals surface area contributed by atoms with Crippen molar-refractivity contribution in [1.82, 2.24) is 0 Å². The molecule has 0 unspecified atom stereocenters. The van der Waals surface area contributed by atoms with Gasteiger partial charge in [0.15, 0.2) is 0 Å². The highest BCUT2D eigenvalue weighted by Crippen LogP contribution is 2.27. The molecule has 2 N–H and O–H groups in total. The summed E-state index contributed by atoms with van der Waals surface area (Å²) in [6, 6.07) is 7.26. The fourth-order valence-corrected chi connectivity index (χ4v) is 2.31. The van der Waals surface area contributed by atoms with Crippen LogP contribution in [0.1, 0.15) is 37.7 Å². The van der Waals surface area contributed by atoms with Crippen LogP contribution in [0.4, 0.5) is 5.69 Å². The Hall–Kier alpha value is -1.69. The summed E-state index contributed by atoms with van der Waals surface area (Å²) in [5.41, 5.74) is 6.97. The highest BCUT2D eigenvalue weighted by molar-refractivity contribution is 5.56. The second-order valence-electron chi connectivity index (χ2n) is 4.68. The van der Waals surface area contributed by atoms with Crippen LogP contribution >= 0.6 is 0 Å². The van der Waals surface area contributed by atoms with E-state index in [0.29, 0.717) is 22.9 Å². The van der Waals surface area contributed by atoms with Crippen LogP contribution in [0.5, 0.6) is 5.75 Å². The summed E-state index contributed by atoms with van der Waals surface area (Å²) in [4.78, 5) is 0. The quantitative estimate of drug-likeness (QED) is 0.812. The smallest absolute Gasteiger partial charge is 0.142 e. The molecule has 3 nitrogen and oxygen atoms in total. The van der Waals surface area contributed by atoms with Crippen molar-refractivity contribution in [3.8, 4) is 11.8 Å². The fourth-order valence-electron chi connectivity index (χ4n) is 2.31. The van der Waals surface area contributed by atoms with Crippen LogP contribution in [-0.2, 0) is 0 Å². The molecule has 90 valence electrons. The van der Waals surface area contributed by atoms with Crippen LogP contribution in [-0.4, -0.2) is 6.61 Å². The first-order valence-corrected chi connectivity index (χ1v) is 6.22. The van der Waals surface area contributed by atoms with Crippen molar-refractivity contribution in [2.75, 3.05) is 12.3 Å². The number of hydrogen-bond acceptors (Lipinski definition) is 3. The number of rotatable bonds is 3. The van der Waals surface area contributed by atoms with Crippen LogP contribution in [0.2, 0.25) is 0 Å². The molecule has 0 spiro atoms. The van der Waals surface area contributed by atoms with Gasteiger partial charge in [0.25, 0.3) is 0 Å². The summed E-state index contributed by atoms with van der Waals surface area (Å²) in [6.45, 7) is 0.746. The summed E-state index contributed by atoms with van der Waals surface area (Å²) in [5, 5.41) is 8.74. The van der Waals surface area contributed by atoms with Gasteiger partial charge in [-0.3, -0.25) is 0 Å². The van der Waals surface area contributed by atoms with E-state index in [0.717, 1.165) is 6.61 Å². The topological polar surface area (TPSA) is 59.0 Å². The van der Waals surface area contributed by atoms with Gasteiger partial charge in [0.05, 0.1) is 23.9 Å². The second kappa shape index (κ2) is 5.58. The molecule has 0 amide bonds. The molecule has 1 fully saturated rings. The first-order chi connectivity index (χ1) is 8.29. The van der Waals surface area contributed by atoms with Crippen molar-refractivity contribution in [2.24, 2.45) is 5.92 Å². The largest absolute Gasteiger partial charge is 0.491 e. The summed E-state index contributed by atoms with van der Waals surface area (Å²) in [6.07, 6.45) is 6.51. The number of benzene rings is 1. The number of anilines is 1. The number of nitrogens with zero attached hydrogens (tertiary/aromatic N) is 1. The lowest BCUT2D eigenvalue weighted by atomic mass is 9.90. The van der Waals surface area contributed by atoms with Gasteiger partial charge in [0, 0.05) is 0 Å². The third-order valence-corrected chi connectivity index (χ3v) is 3.34. The van der Waals surface area contributed by atoms with E-state index in [4.69, 9.17) is 15.7 Å². The van der Waals surface area contributed by atoms with E-state index in [9.17, 15) is 0 Å². The van der Waals surface area contributed by atoms with Crippen molar-refractivity contribution in [1.29, 1.82) is 5.26 Å². The molecule has 1 aromatic rings. The first kappa shape index (κ1) is 11.8. The molecule has 17 heavy (non-hydrogen) atoms. The Bertz CT molecular complexity index is 417. The van der Waals surface area contributed by atoms with Gasteiger partial charge < -0.3 is 10.5 Å². The highest BCUT2D eigenvalue weighted by Gasteiger charge is 2.14. The van der Waals surface area contributed by atoms with Crippen molar-refractivity contribution >= 4 is 5.69 Å². The maximum Gasteiger partial charge on any atom is 0.142 e. The van der Waals surface area contributed by atoms with E-state index in [1.54, 1.807) is 18.2 Å². The van der Waals surface area contributed by atoms with Crippen LogP contribution < -0.4 is 10.5 Å². The Kier molecular flexibility index (Phi) is 3.87. The third-order valence-electron chi connectivity index (χ3n) is 3.34. The Labute approximate surface area is 102 Å². The van der Waals surface area contributed by atoms with E-state index >= 15 is 0 Å². The standard InChI is InChI=1S/C14H18N2O/c15-9-12-6-7-14(13(16)8-12)17-10-11-4-2-1-3-5-11/h6-8,11H,1-5,10,16H2. The van der Waals surface area contributed by atoms with E-state index in [2.05, 4.69) is 6.07 Å². The molecule has 0 atom stereocenters. The molecule has 0 bridgehead atoms. The summed E-state index contributed by atoms with van der Waals surface area (Å²) in [5.74, 6) is 1.37. The zero-order chi connectivity index (χ0) is 12.1. The molecule has 1 saturated carbocycles. The number of nitrogen functional groups attached to an aromatic ring is 1. The van der Waals surface area contributed by atoms with Crippen LogP contribution in [0, 0.1) is 17.2 Å². The minimum Gasteiger partial charge on any atom is -0.491 e. The van der Waals surface area contributed by atoms with Gasteiger partial charge in [-0.1, -0.05) is 19.3 Å². The molecular formula is C14H18N2O. The predicted molar refractivity (Wildman–Crippen MR) is 67.6 cm³/mol. The molecule has 1 aromatic carbocycles. The monoisotopic (exact) mass is 230 g/mol. The number of nitrogens with two attached hydrogens (primary N) is 1. The minimum absolute atomic E-state index is 0.555. The Morgan fingerprint density at radius 3 is 2.71 bits per heavy atom. The average molecular weight is 230 g/mol.